The number of anilines is 1. The monoisotopic (exact) mass is 468 g/mol. The molecule has 1 aliphatic heterocycles. The second kappa shape index (κ2) is 10.5. The van der Waals surface area contributed by atoms with E-state index in [-0.39, 0.29) is 0 Å². The largest absolute Gasteiger partial charge is 0.497 e. The van der Waals surface area contributed by atoms with Crippen LogP contribution >= 0.6 is 11.9 Å². The summed E-state index contributed by atoms with van der Waals surface area (Å²) in [6.45, 7) is 12.4. The Hall–Kier alpha value is -1.68. The van der Waals surface area contributed by atoms with Gasteiger partial charge in [0, 0.05) is 22.6 Å². The van der Waals surface area contributed by atoms with Crippen LogP contribution in [0.25, 0.3) is 0 Å². The van der Waals surface area contributed by atoms with E-state index in [9.17, 15) is 13.2 Å². The molecular formula is C23H32BF3N2O2S. The first-order valence-corrected chi connectivity index (χ1v) is 11.5. The maximum Gasteiger partial charge on any atom is 0.497 e. The topological polar surface area (TPSA) is 42.5 Å². The number of nitrogens with one attached hydrogen (secondary N) is 2. The highest BCUT2D eigenvalue weighted by atomic mass is 32.2. The first-order chi connectivity index (χ1) is 14.9. The first-order valence-electron chi connectivity index (χ1n) is 10.7. The van der Waals surface area contributed by atoms with Crippen LogP contribution in [0.4, 0.5) is 18.9 Å². The van der Waals surface area contributed by atoms with E-state index < -0.39 is 30.1 Å². The molecule has 0 atom stereocenters. The molecule has 1 fully saturated rings. The molecule has 32 heavy (non-hydrogen) atoms. The lowest BCUT2D eigenvalue weighted by Crippen LogP contribution is -2.41. The smallest absolute Gasteiger partial charge is 0.399 e. The van der Waals surface area contributed by atoms with Gasteiger partial charge in [0.05, 0.1) is 16.8 Å². The van der Waals surface area contributed by atoms with Crippen molar-refractivity contribution in [2.24, 2.45) is 0 Å². The van der Waals surface area contributed by atoms with Gasteiger partial charge in [0.25, 0.3) is 0 Å². The van der Waals surface area contributed by atoms with Crippen LogP contribution in [-0.2, 0) is 22.0 Å². The van der Waals surface area contributed by atoms with Crippen molar-refractivity contribution in [3.8, 4) is 0 Å². The molecule has 4 nitrogen and oxygen atoms in total. The lowest BCUT2D eigenvalue weighted by atomic mass is 9.77. The Labute approximate surface area is 193 Å². The van der Waals surface area contributed by atoms with Crippen molar-refractivity contribution in [3.63, 3.8) is 0 Å². The second-order valence-electron chi connectivity index (χ2n) is 8.19. The summed E-state index contributed by atoms with van der Waals surface area (Å²) in [6.07, 6.45) is -4.34. The van der Waals surface area contributed by atoms with Gasteiger partial charge < -0.3 is 14.6 Å². The molecule has 0 spiro atoms. The number of hydrogen-bond acceptors (Lipinski definition) is 5. The molecule has 3 rings (SSSR count). The molecule has 2 aromatic carbocycles. The molecule has 2 aromatic rings. The van der Waals surface area contributed by atoms with Crippen molar-refractivity contribution in [3.05, 3.63) is 53.6 Å². The third-order valence-electron chi connectivity index (χ3n) is 5.51. The molecule has 0 aliphatic carbocycles. The van der Waals surface area contributed by atoms with Crippen molar-refractivity contribution < 1.29 is 22.5 Å². The van der Waals surface area contributed by atoms with Gasteiger partial charge in [-0.3, -0.25) is 4.72 Å². The van der Waals surface area contributed by atoms with Crippen molar-refractivity contribution in [2.75, 3.05) is 12.4 Å². The number of benzene rings is 2. The minimum Gasteiger partial charge on any atom is -0.399 e. The van der Waals surface area contributed by atoms with E-state index in [1.165, 1.54) is 24.1 Å². The Balaban J connectivity index is 0.00000176. The van der Waals surface area contributed by atoms with E-state index >= 15 is 0 Å². The Morgan fingerprint density at radius 1 is 0.938 bits per heavy atom. The standard InChI is InChI=1S/C21H26BF3N2O2S.C2H6/c1-19(2)20(3,4)29-22(28-19)17-12-16(30-26-5)10-11-18(17)27-13-14-6-8-15(9-7-14)21(23,24)25;1-2/h6-12,26-27H,13H2,1-5H3;1-2H3. The third kappa shape index (κ3) is 6.22. The molecule has 9 heteroatoms. The Morgan fingerprint density at radius 2 is 1.50 bits per heavy atom. The highest BCUT2D eigenvalue weighted by molar-refractivity contribution is 7.97. The average Bonchev–Trinajstić information content (AvgIpc) is 2.95. The Bertz CT molecular complexity index is 874. The number of halogens is 3. The number of hydrogen-bond donors (Lipinski definition) is 2. The fourth-order valence-corrected chi connectivity index (χ4v) is 3.61. The highest BCUT2D eigenvalue weighted by Gasteiger charge is 2.52. The fourth-order valence-electron chi connectivity index (χ4n) is 3.06. The van der Waals surface area contributed by atoms with Crippen molar-refractivity contribution in [1.82, 2.24) is 4.72 Å². The van der Waals surface area contributed by atoms with Crippen molar-refractivity contribution in [1.29, 1.82) is 0 Å². The van der Waals surface area contributed by atoms with E-state index in [0.717, 1.165) is 33.7 Å². The van der Waals surface area contributed by atoms with Crippen molar-refractivity contribution in [2.45, 2.75) is 70.4 Å². The Morgan fingerprint density at radius 3 is 2.00 bits per heavy atom. The maximum absolute atomic E-state index is 12.8. The predicted molar refractivity (Wildman–Crippen MR) is 127 cm³/mol. The van der Waals surface area contributed by atoms with Gasteiger partial charge in [-0.05, 0) is 82.6 Å². The molecule has 1 heterocycles. The van der Waals surface area contributed by atoms with Crippen LogP contribution in [0, 0.1) is 0 Å². The molecule has 0 aromatic heterocycles. The van der Waals surface area contributed by atoms with Gasteiger partial charge in [0.2, 0.25) is 0 Å². The van der Waals surface area contributed by atoms with Crippen LogP contribution in [0.1, 0.15) is 52.7 Å². The van der Waals surface area contributed by atoms with Gasteiger partial charge >= 0.3 is 13.3 Å². The van der Waals surface area contributed by atoms with Crippen LogP contribution in [0.2, 0.25) is 0 Å². The van der Waals surface area contributed by atoms with Gasteiger partial charge in [-0.15, -0.1) is 0 Å². The van der Waals surface area contributed by atoms with Crippen LogP contribution in [-0.4, -0.2) is 25.4 Å². The SMILES string of the molecule is CC.CNSc1ccc(NCc2ccc(C(F)(F)F)cc2)c(B2OC(C)(C)C(C)(C)O2)c1. The van der Waals surface area contributed by atoms with E-state index in [1.807, 2.05) is 66.8 Å². The molecule has 0 radical (unpaired) electrons. The summed E-state index contributed by atoms with van der Waals surface area (Å²) in [4.78, 5) is 1.00. The van der Waals surface area contributed by atoms with Crippen LogP contribution in [0.5, 0.6) is 0 Å². The molecule has 0 amide bonds. The van der Waals surface area contributed by atoms with Gasteiger partial charge in [0.1, 0.15) is 0 Å². The van der Waals surface area contributed by atoms with E-state index in [2.05, 4.69) is 10.0 Å². The molecule has 176 valence electrons. The zero-order valence-corrected chi connectivity index (χ0v) is 20.5. The second-order valence-corrected chi connectivity index (χ2v) is 9.28. The highest BCUT2D eigenvalue weighted by Crippen LogP contribution is 2.37. The molecule has 1 aliphatic rings. The molecular weight excluding hydrogens is 436 g/mol. The quantitative estimate of drug-likeness (QED) is 0.410. The maximum atomic E-state index is 12.8. The lowest BCUT2D eigenvalue weighted by Gasteiger charge is -2.32. The summed E-state index contributed by atoms with van der Waals surface area (Å²) >= 11 is 1.48. The fraction of sp³-hybridized carbons (Fsp3) is 0.478. The van der Waals surface area contributed by atoms with Crippen molar-refractivity contribution >= 4 is 30.2 Å². The summed E-state index contributed by atoms with van der Waals surface area (Å²) in [5, 5.41) is 3.32. The van der Waals surface area contributed by atoms with Gasteiger partial charge in [0.15, 0.2) is 0 Å². The zero-order valence-electron chi connectivity index (χ0n) is 19.7. The summed E-state index contributed by atoms with van der Waals surface area (Å²) in [5.74, 6) is 0. The summed E-state index contributed by atoms with van der Waals surface area (Å²) in [5.41, 5.74) is 0.798. The number of rotatable bonds is 6. The zero-order chi connectivity index (χ0) is 24.2. The van der Waals surface area contributed by atoms with Gasteiger partial charge in [-0.25, -0.2) is 0 Å². The number of alkyl halides is 3. The minimum atomic E-state index is -4.34. The van der Waals surface area contributed by atoms with Gasteiger partial charge in [-0.1, -0.05) is 26.0 Å². The van der Waals surface area contributed by atoms with Crippen LogP contribution in [0.3, 0.4) is 0 Å². The molecule has 0 saturated carbocycles. The normalized spacial score (nSPS) is 17.0. The van der Waals surface area contributed by atoms with E-state index in [1.54, 1.807) is 0 Å². The van der Waals surface area contributed by atoms with E-state index in [4.69, 9.17) is 9.31 Å². The predicted octanol–water partition coefficient (Wildman–Crippen LogP) is 5.87. The van der Waals surface area contributed by atoms with Crippen LogP contribution in [0.15, 0.2) is 47.4 Å². The molecule has 0 bridgehead atoms. The molecule has 2 N–H and O–H groups in total. The third-order valence-corrected chi connectivity index (χ3v) is 6.21. The summed E-state index contributed by atoms with van der Waals surface area (Å²) in [6, 6.07) is 11.1. The minimum absolute atomic E-state index is 0.378. The Kier molecular flexibility index (Phi) is 8.72. The van der Waals surface area contributed by atoms with Crippen LogP contribution < -0.4 is 15.5 Å². The lowest BCUT2D eigenvalue weighted by molar-refractivity contribution is -0.137. The summed E-state index contributed by atoms with van der Waals surface area (Å²) in [7, 11) is 1.29. The average molecular weight is 468 g/mol. The first kappa shape index (κ1) is 26.6. The van der Waals surface area contributed by atoms with Gasteiger partial charge in [-0.2, -0.15) is 13.2 Å². The molecule has 0 unspecified atom stereocenters. The summed E-state index contributed by atoms with van der Waals surface area (Å²) < 4.78 is 53.8. The molecule has 1 saturated heterocycles. The van der Waals surface area contributed by atoms with E-state index in [0.29, 0.717) is 6.54 Å².